The van der Waals surface area contributed by atoms with E-state index in [4.69, 9.17) is 4.42 Å². The molecule has 1 aromatic heterocycles. The van der Waals surface area contributed by atoms with Gasteiger partial charge in [0.15, 0.2) is 0 Å². The average molecular weight is 443 g/mol. The third-order valence-electron chi connectivity index (χ3n) is 5.98. The van der Waals surface area contributed by atoms with Crippen molar-refractivity contribution in [1.82, 2.24) is 10.2 Å². The summed E-state index contributed by atoms with van der Waals surface area (Å²) in [5, 5.41) is 8.51. The highest BCUT2D eigenvalue weighted by atomic mass is 16.4. The summed E-state index contributed by atoms with van der Waals surface area (Å²) >= 11 is 0. The largest absolute Gasteiger partial charge is 0.416 e. The monoisotopic (exact) mass is 442 g/mol. The van der Waals surface area contributed by atoms with Crippen LogP contribution in [-0.2, 0) is 5.41 Å². The zero-order valence-electron chi connectivity index (χ0n) is 19.0. The van der Waals surface area contributed by atoms with E-state index < -0.39 is 0 Å². The molecular weight excluding hydrogens is 404 g/mol. The molecule has 0 amide bonds. The first-order chi connectivity index (χ1) is 14.8. The predicted octanol–water partition coefficient (Wildman–Crippen LogP) is 9.15. The molecule has 3 aromatic carbocycles. The minimum Gasteiger partial charge on any atom is -0.416 e. The summed E-state index contributed by atoms with van der Waals surface area (Å²) in [5.74, 6) is 1.67. The summed E-state index contributed by atoms with van der Waals surface area (Å²) in [7, 11) is 0. The van der Waals surface area contributed by atoms with Crippen LogP contribution in [0, 0.1) is 0 Å². The fourth-order valence-electron chi connectivity index (χ4n) is 3.61. The van der Waals surface area contributed by atoms with Gasteiger partial charge in [0.25, 0.3) is 0 Å². The summed E-state index contributed by atoms with van der Waals surface area (Å²) in [6, 6.07) is 25.5. The van der Waals surface area contributed by atoms with Crippen LogP contribution in [0.4, 0.5) is 0 Å². The van der Waals surface area contributed by atoms with E-state index in [0.717, 1.165) is 17.5 Å². The molecule has 0 fully saturated rings. The fraction of sp³-hybridized carbons (Fsp3) is 0.333. The minimum atomic E-state index is 0. The summed E-state index contributed by atoms with van der Waals surface area (Å²) < 4.78 is 5.96. The first kappa shape index (κ1) is 26.1. The Balaban J connectivity index is 0.00000193. The lowest BCUT2D eigenvalue weighted by Gasteiger charge is -2.18. The van der Waals surface area contributed by atoms with Gasteiger partial charge in [-0.15, -0.1) is 10.2 Å². The Morgan fingerprint density at radius 2 is 1.06 bits per heavy atom. The lowest BCUT2D eigenvalue weighted by Crippen LogP contribution is -2.10. The second-order valence-electron chi connectivity index (χ2n) is 9.25. The van der Waals surface area contributed by atoms with Crippen LogP contribution in [-0.4, -0.2) is 10.2 Å². The van der Waals surface area contributed by atoms with Gasteiger partial charge >= 0.3 is 0 Å². The molecule has 0 radical (unpaired) electrons. The van der Waals surface area contributed by atoms with E-state index in [1.165, 1.54) is 22.3 Å². The maximum absolute atomic E-state index is 5.96. The molecule has 174 valence electrons. The molecule has 1 atom stereocenters. The number of nitrogens with zero attached hydrogens (tertiary/aromatic N) is 2. The average Bonchev–Trinajstić information content (AvgIpc) is 3.29. The Bertz CT molecular complexity index is 1130. The molecule has 3 heteroatoms. The molecule has 4 aromatic rings. The molecular formula is C30H38N2O. The van der Waals surface area contributed by atoms with Crippen LogP contribution in [0.2, 0.25) is 0 Å². The molecule has 0 aliphatic heterocycles. The van der Waals surface area contributed by atoms with Crippen LogP contribution in [0.5, 0.6) is 0 Å². The first-order valence-corrected chi connectivity index (χ1v) is 11.0. The molecule has 0 aliphatic rings. The van der Waals surface area contributed by atoms with Crippen molar-refractivity contribution >= 4 is 0 Å². The Morgan fingerprint density at radius 1 is 0.667 bits per heavy atom. The normalized spacial score (nSPS) is 11.9. The highest BCUT2D eigenvalue weighted by molar-refractivity contribution is 5.68. The quantitative estimate of drug-likeness (QED) is 0.309. The van der Waals surface area contributed by atoms with Crippen LogP contribution >= 0.6 is 0 Å². The molecule has 1 heterocycles. The molecule has 4 rings (SSSR count). The molecule has 0 spiro atoms. The summed E-state index contributed by atoms with van der Waals surface area (Å²) in [6.45, 7) is 11.1. The molecule has 3 nitrogen and oxygen atoms in total. The maximum atomic E-state index is 5.96. The fourth-order valence-corrected chi connectivity index (χ4v) is 3.61. The molecule has 0 aliphatic carbocycles. The van der Waals surface area contributed by atoms with Gasteiger partial charge < -0.3 is 4.42 Å². The van der Waals surface area contributed by atoms with Crippen LogP contribution in [0.15, 0.2) is 77.2 Å². The van der Waals surface area contributed by atoms with Crippen LogP contribution in [0.25, 0.3) is 34.0 Å². The summed E-state index contributed by atoms with van der Waals surface area (Å²) in [4.78, 5) is 0. The third-order valence-corrected chi connectivity index (χ3v) is 5.98. The third kappa shape index (κ3) is 5.78. The zero-order chi connectivity index (χ0) is 22.0. The Hall–Kier alpha value is -3.20. The van der Waals surface area contributed by atoms with Crippen molar-refractivity contribution in [3.05, 3.63) is 83.9 Å². The van der Waals surface area contributed by atoms with Crippen LogP contribution < -0.4 is 0 Å². The first-order valence-electron chi connectivity index (χ1n) is 11.0. The van der Waals surface area contributed by atoms with E-state index in [9.17, 15) is 0 Å². The van der Waals surface area contributed by atoms with E-state index in [2.05, 4.69) is 93.3 Å². The van der Waals surface area contributed by atoms with E-state index in [1.807, 2.05) is 24.3 Å². The van der Waals surface area contributed by atoms with Crippen molar-refractivity contribution in [2.45, 2.75) is 67.2 Å². The highest BCUT2D eigenvalue weighted by Gasteiger charge is 2.15. The molecule has 0 bridgehead atoms. The molecule has 0 saturated carbocycles. The van der Waals surface area contributed by atoms with Crippen molar-refractivity contribution in [1.29, 1.82) is 0 Å². The van der Waals surface area contributed by atoms with E-state index in [-0.39, 0.29) is 20.3 Å². The molecule has 0 N–H and O–H groups in total. The summed E-state index contributed by atoms with van der Waals surface area (Å²) in [5.41, 5.74) is 7.03. The molecule has 0 saturated heterocycles. The van der Waals surface area contributed by atoms with Crippen molar-refractivity contribution in [3.63, 3.8) is 0 Å². The minimum absolute atomic E-state index is 0. The van der Waals surface area contributed by atoms with Gasteiger partial charge in [0.05, 0.1) is 0 Å². The molecule has 33 heavy (non-hydrogen) atoms. The smallest absolute Gasteiger partial charge is 0.248 e. The Labute approximate surface area is 199 Å². The number of hydrogen-bond donors (Lipinski definition) is 0. The van der Waals surface area contributed by atoms with Gasteiger partial charge in [-0.1, -0.05) is 98.0 Å². The molecule has 1 unspecified atom stereocenters. The zero-order valence-corrected chi connectivity index (χ0v) is 19.0. The van der Waals surface area contributed by atoms with Crippen LogP contribution in [0.3, 0.4) is 0 Å². The van der Waals surface area contributed by atoms with Gasteiger partial charge in [0, 0.05) is 11.1 Å². The van der Waals surface area contributed by atoms with Crippen molar-refractivity contribution in [2.24, 2.45) is 0 Å². The lowest BCUT2D eigenvalue weighted by atomic mass is 9.87. The topological polar surface area (TPSA) is 38.9 Å². The van der Waals surface area contributed by atoms with Gasteiger partial charge in [-0.05, 0) is 64.3 Å². The highest BCUT2D eigenvalue weighted by Crippen LogP contribution is 2.29. The van der Waals surface area contributed by atoms with Gasteiger partial charge in [-0.2, -0.15) is 0 Å². The van der Waals surface area contributed by atoms with Crippen molar-refractivity contribution < 1.29 is 4.42 Å². The number of hydrogen-bond acceptors (Lipinski definition) is 3. The second-order valence-corrected chi connectivity index (χ2v) is 9.25. The van der Waals surface area contributed by atoms with E-state index >= 15 is 0 Å². The lowest BCUT2D eigenvalue weighted by molar-refractivity contribution is 0.582. The van der Waals surface area contributed by atoms with Gasteiger partial charge in [0.1, 0.15) is 0 Å². The maximum Gasteiger partial charge on any atom is 0.248 e. The number of aromatic nitrogens is 2. The SMILES string of the molecule is C.C.CCC(C)c1ccc(-c2ccc(-c3nnc(-c4ccc(C(C)(C)C)cc4)o3)cc2)cc1. The Kier molecular flexibility index (Phi) is 8.38. The van der Waals surface area contributed by atoms with Crippen molar-refractivity contribution in [2.75, 3.05) is 0 Å². The summed E-state index contributed by atoms with van der Waals surface area (Å²) in [6.07, 6.45) is 1.15. The standard InChI is InChI=1S/C28H30N2O.2CH4/c1-6-19(2)20-7-9-21(10-8-20)22-11-13-23(14-12-22)26-29-30-27(31-26)24-15-17-25(18-16-24)28(3,4)5;;/h7-19H,6H2,1-5H3;2*1H4. The van der Waals surface area contributed by atoms with Gasteiger partial charge in [-0.25, -0.2) is 0 Å². The predicted molar refractivity (Wildman–Crippen MR) is 141 cm³/mol. The van der Waals surface area contributed by atoms with Gasteiger partial charge in [0.2, 0.25) is 11.8 Å². The second kappa shape index (κ2) is 10.6. The van der Waals surface area contributed by atoms with E-state index in [0.29, 0.717) is 17.7 Å². The Morgan fingerprint density at radius 3 is 1.48 bits per heavy atom. The number of rotatable bonds is 5. The van der Waals surface area contributed by atoms with Crippen LogP contribution in [0.1, 0.15) is 72.9 Å². The van der Waals surface area contributed by atoms with Crippen molar-refractivity contribution in [3.8, 4) is 34.0 Å². The van der Waals surface area contributed by atoms with Gasteiger partial charge in [-0.3, -0.25) is 0 Å². The number of benzene rings is 3. The van der Waals surface area contributed by atoms with E-state index in [1.54, 1.807) is 0 Å².